The third kappa shape index (κ3) is 4.56. The Bertz CT molecular complexity index is 538. The van der Waals surface area contributed by atoms with E-state index < -0.39 is 0 Å². The quantitative estimate of drug-likeness (QED) is 0.862. The second-order valence-electron chi connectivity index (χ2n) is 4.48. The summed E-state index contributed by atoms with van der Waals surface area (Å²) < 4.78 is 1.07. The van der Waals surface area contributed by atoms with Gasteiger partial charge >= 0.3 is 0 Å². The summed E-state index contributed by atoms with van der Waals surface area (Å²) in [4.78, 5) is 13.0. The fourth-order valence-corrected chi connectivity index (χ4v) is 3.42. The van der Waals surface area contributed by atoms with E-state index in [-0.39, 0.29) is 11.8 Å². The zero-order valence-electron chi connectivity index (χ0n) is 10.5. The fourth-order valence-electron chi connectivity index (χ4n) is 1.91. The molecule has 0 amide bonds. The molecule has 0 aliphatic carbocycles. The van der Waals surface area contributed by atoms with Crippen molar-refractivity contribution >= 4 is 33.0 Å². The van der Waals surface area contributed by atoms with Crippen LogP contribution in [-0.4, -0.2) is 5.78 Å². The maximum atomic E-state index is 11.9. The molecule has 1 aromatic carbocycles. The maximum absolute atomic E-state index is 11.9. The zero-order valence-corrected chi connectivity index (χ0v) is 12.9. The van der Waals surface area contributed by atoms with Crippen LogP contribution in [0, 0.1) is 0 Å². The largest absolute Gasteiger partial charge is 0.324 e. The van der Waals surface area contributed by atoms with Crippen LogP contribution in [0.3, 0.4) is 0 Å². The van der Waals surface area contributed by atoms with Crippen LogP contribution in [0.1, 0.15) is 29.3 Å². The van der Waals surface area contributed by atoms with Gasteiger partial charge in [0.15, 0.2) is 0 Å². The lowest BCUT2D eigenvalue weighted by atomic mass is 10.0. The molecule has 0 saturated heterocycles. The molecule has 2 nitrogen and oxygen atoms in total. The average molecular weight is 338 g/mol. The monoisotopic (exact) mass is 337 g/mol. The first kappa shape index (κ1) is 14.4. The van der Waals surface area contributed by atoms with Crippen LogP contribution in [0.4, 0.5) is 0 Å². The van der Waals surface area contributed by atoms with E-state index in [2.05, 4.69) is 15.9 Å². The number of carbonyl (C=O) groups excluding carboxylic acids is 1. The van der Waals surface area contributed by atoms with E-state index in [1.165, 1.54) is 0 Å². The number of nitrogens with two attached hydrogens (primary N) is 1. The first-order valence-corrected chi connectivity index (χ1v) is 7.82. The Morgan fingerprint density at radius 3 is 2.58 bits per heavy atom. The molecule has 1 unspecified atom stereocenters. The number of thiophene rings is 1. The molecule has 0 bridgehead atoms. The van der Waals surface area contributed by atoms with Gasteiger partial charge in [0.1, 0.15) is 5.78 Å². The molecule has 0 saturated carbocycles. The Kier molecular flexibility index (Phi) is 5.31. The van der Waals surface area contributed by atoms with Crippen molar-refractivity contribution in [1.29, 1.82) is 0 Å². The number of Topliss-reactive ketones (excluding diaryl/α,β-unsaturated/α-hetero) is 1. The van der Waals surface area contributed by atoms with Crippen LogP contribution in [0.5, 0.6) is 0 Å². The highest BCUT2D eigenvalue weighted by Gasteiger charge is 2.10. The normalized spacial score (nSPS) is 12.3. The van der Waals surface area contributed by atoms with Crippen molar-refractivity contribution < 1.29 is 4.79 Å². The van der Waals surface area contributed by atoms with Gasteiger partial charge in [-0.15, -0.1) is 11.3 Å². The minimum atomic E-state index is -0.0554. The standard InChI is InChI=1S/C15H16BrNOS/c16-15-9-7-13(19-15)10-12(18)6-8-14(17)11-4-2-1-3-5-11/h1-5,7,9,14H,6,8,10,17H2. The highest BCUT2D eigenvalue weighted by Crippen LogP contribution is 2.23. The van der Waals surface area contributed by atoms with E-state index in [1.807, 2.05) is 42.5 Å². The summed E-state index contributed by atoms with van der Waals surface area (Å²) in [6.07, 6.45) is 1.75. The predicted octanol–water partition coefficient (Wildman–Crippen LogP) is 4.10. The number of hydrogen-bond acceptors (Lipinski definition) is 3. The summed E-state index contributed by atoms with van der Waals surface area (Å²) in [5.74, 6) is 0.251. The average Bonchev–Trinajstić information content (AvgIpc) is 2.82. The molecule has 1 heterocycles. The Hall–Kier alpha value is -0.970. The Balaban J connectivity index is 1.80. The van der Waals surface area contributed by atoms with Crippen LogP contribution in [0.2, 0.25) is 0 Å². The van der Waals surface area contributed by atoms with Crippen molar-refractivity contribution in [3.8, 4) is 0 Å². The molecular weight excluding hydrogens is 322 g/mol. The van der Waals surface area contributed by atoms with Crippen molar-refractivity contribution in [3.05, 3.63) is 56.7 Å². The minimum absolute atomic E-state index is 0.0554. The lowest BCUT2D eigenvalue weighted by Gasteiger charge is -2.10. The second kappa shape index (κ2) is 6.98. The summed E-state index contributed by atoms with van der Waals surface area (Å²) in [6, 6.07) is 13.8. The van der Waals surface area contributed by atoms with Gasteiger partial charge in [-0.25, -0.2) is 0 Å². The van der Waals surface area contributed by atoms with Crippen LogP contribution in [0.25, 0.3) is 0 Å². The van der Waals surface area contributed by atoms with Gasteiger partial charge in [0, 0.05) is 23.8 Å². The van der Waals surface area contributed by atoms with Crippen molar-refractivity contribution in [2.45, 2.75) is 25.3 Å². The van der Waals surface area contributed by atoms with E-state index in [4.69, 9.17) is 5.73 Å². The molecule has 4 heteroatoms. The second-order valence-corrected chi connectivity index (χ2v) is 7.02. The molecule has 0 aliphatic heterocycles. The molecule has 1 atom stereocenters. The third-order valence-electron chi connectivity index (χ3n) is 2.96. The summed E-state index contributed by atoms with van der Waals surface area (Å²) in [5, 5.41) is 0. The maximum Gasteiger partial charge on any atom is 0.138 e. The first-order valence-electron chi connectivity index (χ1n) is 6.21. The third-order valence-corrected chi connectivity index (χ3v) is 4.59. The zero-order chi connectivity index (χ0) is 13.7. The van der Waals surface area contributed by atoms with E-state index in [9.17, 15) is 4.79 Å². The number of rotatable bonds is 6. The minimum Gasteiger partial charge on any atom is -0.324 e. The van der Waals surface area contributed by atoms with E-state index >= 15 is 0 Å². The van der Waals surface area contributed by atoms with Gasteiger partial charge in [-0.2, -0.15) is 0 Å². The van der Waals surface area contributed by atoms with Gasteiger partial charge in [0.2, 0.25) is 0 Å². The molecule has 19 heavy (non-hydrogen) atoms. The number of ketones is 1. The van der Waals surface area contributed by atoms with Crippen LogP contribution < -0.4 is 5.73 Å². The Labute approximate surface area is 125 Å². The molecule has 100 valence electrons. The molecule has 0 aliphatic rings. The van der Waals surface area contributed by atoms with Gasteiger partial charge in [0.25, 0.3) is 0 Å². The molecule has 1 aromatic heterocycles. The van der Waals surface area contributed by atoms with Crippen molar-refractivity contribution in [2.75, 3.05) is 0 Å². The molecule has 2 aromatic rings. The predicted molar refractivity (Wildman–Crippen MR) is 83.3 cm³/mol. The highest BCUT2D eigenvalue weighted by atomic mass is 79.9. The number of halogens is 1. The Morgan fingerprint density at radius 1 is 1.21 bits per heavy atom. The van der Waals surface area contributed by atoms with Crippen molar-refractivity contribution in [1.82, 2.24) is 0 Å². The number of hydrogen-bond donors (Lipinski definition) is 1. The Morgan fingerprint density at radius 2 is 1.95 bits per heavy atom. The SMILES string of the molecule is NC(CCC(=O)Cc1ccc(Br)s1)c1ccccc1. The van der Waals surface area contributed by atoms with Gasteiger partial charge in [-0.3, -0.25) is 4.79 Å². The molecule has 0 fully saturated rings. The molecule has 2 N–H and O–H groups in total. The topological polar surface area (TPSA) is 43.1 Å². The molecule has 0 radical (unpaired) electrons. The molecule has 0 spiro atoms. The van der Waals surface area contributed by atoms with Gasteiger partial charge in [-0.05, 0) is 40.0 Å². The van der Waals surface area contributed by atoms with Gasteiger partial charge < -0.3 is 5.73 Å². The van der Waals surface area contributed by atoms with Gasteiger partial charge in [0.05, 0.1) is 3.79 Å². The summed E-state index contributed by atoms with van der Waals surface area (Å²) in [5.41, 5.74) is 7.18. The van der Waals surface area contributed by atoms with E-state index in [0.717, 1.165) is 14.2 Å². The fraction of sp³-hybridized carbons (Fsp3) is 0.267. The van der Waals surface area contributed by atoms with Crippen LogP contribution in [0.15, 0.2) is 46.3 Å². The van der Waals surface area contributed by atoms with E-state index in [0.29, 0.717) is 19.3 Å². The summed E-state index contributed by atoms with van der Waals surface area (Å²) in [7, 11) is 0. The van der Waals surface area contributed by atoms with Crippen molar-refractivity contribution in [3.63, 3.8) is 0 Å². The summed E-state index contributed by atoms with van der Waals surface area (Å²) >= 11 is 5.01. The van der Waals surface area contributed by atoms with E-state index in [1.54, 1.807) is 11.3 Å². The van der Waals surface area contributed by atoms with Gasteiger partial charge in [-0.1, -0.05) is 30.3 Å². The first-order chi connectivity index (χ1) is 9.15. The lowest BCUT2D eigenvalue weighted by Crippen LogP contribution is -2.13. The smallest absolute Gasteiger partial charge is 0.138 e. The number of benzene rings is 1. The van der Waals surface area contributed by atoms with Crippen LogP contribution >= 0.6 is 27.3 Å². The number of carbonyl (C=O) groups is 1. The summed E-state index contributed by atoms with van der Waals surface area (Å²) in [6.45, 7) is 0. The molecule has 2 rings (SSSR count). The lowest BCUT2D eigenvalue weighted by molar-refractivity contribution is -0.118. The molecular formula is C15H16BrNOS. The van der Waals surface area contributed by atoms with Crippen LogP contribution in [-0.2, 0) is 11.2 Å². The highest BCUT2D eigenvalue weighted by molar-refractivity contribution is 9.11. The van der Waals surface area contributed by atoms with Crippen molar-refractivity contribution in [2.24, 2.45) is 5.73 Å².